The van der Waals surface area contributed by atoms with Gasteiger partial charge in [-0.25, -0.2) is 18.4 Å². The van der Waals surface area contributed by atoms with E-state index in [1.165, 1.54) is 12.4 Å². The molecule has 7 heteroatoms. The summed E-state index contributed by atoms with van der Waals surface area (Å²) >= 11 is 0. The van der Waals surface area contributed by atoms with Crippen LogP contribution in [0.4, 0.5) is 5.95 Å². The minimum absolute atomic E-state index is 0.155. The quantitative estimate of drug-likeness (QED) is 0.829. The van der Waals surface area contributed by atoms with Crippen molar-refractivity contribution in [2.24, 2.45) is 5.92 Å². The van der Waals surface area contributed by atoms with Crippen molar-refractivity contribution in [2.45, 2.75) is 44.0 Å². The number of aromatic nitrogens is 2. The lowest BCUT2D eigenvalue weighted by Gasteiger charge is -2.22. The summed E-state index contributed by atoms with van der Waals surface area (Å²) in [6, 6.07) is 0.155. The SMILES string of the molecule is CNc1ncc(S(=O)(=O)N(CCC(C)C)C2CC2)cn1. The van der Waals surface area contributed by atoms with Gasteiger partial charge in [0.25, 0.3) is 0 Å². The number of nitrogens with one attached hydrogen (secondary N) is 1. The molecule has 0 aromatic carbocycles. The molecule has 0 atom stereocenters. The van der Waals surface area contributed by atoms with E-state index >= 15 is 0 Å². The van der Waals surface area contributed by atoms with Gasteiger partial charge in [-0.15, -0.1) is 0 Å². The van der Waals surface area contributed by atoms with E-state index < -0.39 is 10.0 Å². The fraction of sp³-hybridized carbons (Fsp3) is 0.692. The van der Waals surface area contributed by atoms with Crippen LogP contribution in [0.2, 0.25) is 0 Å². The Morgan fingerprint density at radius 2 is 1.95 bits per heavy atom. The third kappa shape index (κ3) is 3.46. The van der Waals surface area contributed by atoms with Crippen molar-refractivity contribution in [1.29, 1.82) is 0 Å². The molecular formula is C13H22N4O2S. The second-order valence-corrected chi connectivity index (χ2v) is 7.41. The van der Waals surface area contributed by atoms with Gasteiger partial charge in [0.05, 0.1) is 12.4 Å². The van der Waals surface area contributed by atoms with Gasteiger partial charge in [0, 0.05) is 19.6 Å². The van der Waals surface area contributed by atoms with Crippen LogP contribution in [0.3, 0.4) is 0 Å². The molecule has 1 aliphatic rings. The second-order valence-electron chi connectivity index (χ2n) is 5.52. The molecule has 1 heterocycles. The molecule has 112 valence electrons. The largest absolute Gasteiger partial charge is 0.357 e. The van der Waals surface area contributed by atoms with E-state index in [4.69, 9.17) is 0 Å². The maximum absolute atomic E-state index is 12.7. The smallest absolute Gasteiger partial charge is 0.246 e. The Morgan fingerprint density at radius 3 is 2.40 bits per heavy atom. The van der Waals surface area contributed by atoms with Crippen molar-refractivity contribution in [3.63, 3.8) is 0 Å². The first-order chi connectivity index (χ1) is 9.45. The molecule has 0 saturated heterocycles. The van der Waals surface area contributed by atoms with Crippen LogP contribution >= 0.6 is 0 Å². The Labute approximate surface area is 120 Å². The van der Waals surface area contributed by atoms with Crippen molar-refractivity contribution < 1.29 is 8.42 Å². The second kappa shape index (κ2) is 6.05. The van der Waals surface area contributed by atoms with E-state index in [1.54, 1.807) is 11.4 Å². The summed E-state index contributed by atoms with van der Waals surface area (Å²) in [6.07, 6.45) is 5.52. The highest BCUT2D eigenvalue weighted by Crippen LogP contribution is 2.32. The lowest BCUT2D eigenvalue weighted by atomic mass is 10.1. The van der Waals surface area contributed by atoms with Gasteiger partial charge in [-0.05, 0) is 25.2 Å². The lowest BCUT2D eigenvalue weighted by Crippen LogP contribution is -2.34. The van der Waals surface area contributed by atoms with Crippen LogP contribution in [-0.4, -0.2) is 42.3 Å². The molecule has 20 heavy (non-hydrogen) atoms. The third-order valence-electron chi connectivity index (χ3n) is 3.34. The maximum Gasteiger partial charge on any atom is 0.246 e. The van der Waals surface area contributed by atoms with Crippen LogP contribution in [0.25, 0.3) is 0 Å². The van der Waals surface area contributed by atoms with Crippen LogP contribution in [-0.2, 0) is 10.0 Å². The predicted octanol–water partition coefficient (Wildman–Crippen LogP) is 1.72. The molecule has 0 aliphatic heterocycles. The topological polar surface area (TPSA) is 75.2 Å². The monoisotopic (exact) mass is 298 g/mol. The minimum Gasteiger partial charge on any atom is -0.357 e. The van der Waals surface area contributed by atoms with Crippen molar-refractivity contribution in [2.75, 3.05) is 18.9 Å². The van der Waals surface area contributed by atoms with E-state index in [0.29, 0.717) is 18.4 Å². The van der Waals surface area contributed by atoms with E-state index in [-0.39, 0.29) is 10.9 Å². The lowest BCUT2D eigenvalue weighted by molar-refractivity contribution is 0.373. The zero-order valence-corrected chi connectivity index (χ0v) is 13.0. The number of nitrogens with zero attached hydrogens (tertiary/aromatic N) is 3. The van der Waals surface area contributed by atoms with Crippen molar-refractivity contribution in [3.8, 4) is 0 Å². The van der Waals surface area contributed by atoms with Crippen LogP contribution in [0.15, 0.2) is 17.3 Å². The van der Waals surface area contributed by atoms with Gasteiger partial charge in [0.2, 0.25) is 16.0 Å². The summed E-state index contributed by atoms with van der Waals surface area (Å²) in [4.78, 5) is 8.16. The summed E-state index contributed by atoms with van der Waals surface area (Å²) in [6.45, 7) is 4.77. The average molecular weight is 298 g/mol. The summed E-state index contributed by atoms with van der Waals surface area (Å²) < 4.78 is 26.9. The van der Waals surface area contributed by atoms with Gasteiger partial charge in [0.1, 0.15) is 4.90 Å². The summed E-state index contributed by atoms with van der Waals surface area (Å²) in [5.41, 5.74) is 0. The third-order valence-corrected chi connectivity index (χ3v) is 5.24. The fourth-order valence-corrected chi connectivity index (χ4v) is 3.55. The minimum atomic E-state index is -3.48. The molecule has 1 saturated carbocycles. The van der Waals surface area contributed by atoms with Gasteiger partial charge >= 0.3 is 0 Å². The standard InChI is InChI=1S/C13H22N4O2S/c1-10(2)6-7-17(11-4-5-11)20(18,19)12-8-15-13(14-3)16-9-12/h8-11H,4-7H2,1-3H3,(H,14,15,16). The Bertz CT molecular complexity index is 538. The molecule has 1 aromatic heterocycles. The average Bonchev–Trinajstić information content (AvgIpc) is 3.23. The first kappa shape index (κ1) is 15.2. The molecule has 0 unspecified atom stereocenters. The van der Waals surface area contributed by atoms with E-state index in [0.717, 1.165) is 19.3 Å². The number of sulfonamides is 1. The highest BCUT2D eigenvalue weighted by atomic mass is 32.2. The van der Waals surface area contributed by atoms with Crippen LogP contribution in [0, 0.1) is 5.92 Å². The Morgan fingerprint density at radius 1 is 1.35 bits per heavy atom. The molecular weight excluding hydrogens is 276 g/mol. The summed E-state index contributed by atoms with van der Waals surface area (Å²) in [5, 5.41) is 2.78. The molecule has 6 nitrogen and oxygen atoms in total. The number of hydrogen-bond donors (Lipinski definition) is 1. The van der Waals surface area contributed by atoms with Crippen molar-refractivity contribution in [1.82, 2.24) is 14.3 Å². The highest BCUT2D eigenvalue weighted by Gasteiger charge is 2.38. The van der Waals surface area contributed by atoms with Crippen molar-refractivity contribution >= 4 is 16.0 Å². The van der Waals surface area contributed by atoms with Gasteiger partial charge < -0.3 is 5.32 Å². The van der Waals surface area contributed by atoms with Crippen LogP contribution in [0.1, 0.15) is 33.1 Å². The fourth-order valence-electron chi connectivity index (χ4n) is 1.96. The molecule has 0 amide bonds. The Balaban J connectivity index is 2.20. The van der Waals surface area contributed by atoms with Gasteiger partial charge in [-0.3, -0.25) is 0 Å². The normalized spacial score (nSPS) is 15.8. The van der Waals surface area contributed by atoms with Crippen molar-refractivity contribution in [3.05, 3.63) is 12.4 Å². The van der Waals surface area contributed by atoms with Gasteiger partial charge in [-0.1, -0.05) is 13.8 Å². The van der Waals surface area contributed by atoms with Gasteiger partial charge in [0.15, 0.2) is 0 Å². The first-order valence-corrected chi connectivity index (χ1v) is 8.40. The molecule has 1 aliphatic carbocycles. The molecule has 1 aromatic rings. The van der Waals surface area contributed by atoms with E-state index in [9.17, 15) is 8.42 Å². The molecule has 1 fully saturated rings. The van der Waals surface area contributed by atoms with Gasteiger partial charge in [-0.2, -0.15) is 4.31 Å². The molecule has 2 rings (SSSR count). The maximum atomic E-state index is 12.7. The highest BCUT2D eigenvalue weighted by molar-refractivity contribution is 7.89. The first-order valence-electron chi connectivity index (χ1n) is 6.96. The zero-order valence-electron chi connectivity index (χ0n) is 12.2. The van der Waals surface area contributed by atoms with E-state index in [2.05, 4.69) is 29.1 Å². The van der Waals surface area contributed by atoms with Crippen LogP contribution in [0.5, 0.6) is 0 Å². The number of hydrogen-bond acceptors (Lipinski definition) is 5. The zero-order chi connectivity index (χ0) is 14.8. The van der Waals surface area contributed by atoms with Crippen LogP contribution < -0.4 is 5.32 Å². The Hall–Kier alpha value is -1.21. The number of anilines is 1. The molecule has 1 N–H and O–H groups in total. The molecule has 0 bridgehead atoms. The predicted molar refractivity (Wildman–Crippen MR) is 77.9 cm³/mol. The van der Waals surface area contributed by atoms with E-state index in [1.807, 2.05) is 0 Å². The number of rotatable bonds is 7. The Kier molecular flexibility index (Phi) is 4.59. The molecule has 0 radical (unpaired) electrons. The summed E-state index contributed by atoms with van der Waals surface area (Å²) in [5.74, 6) is 0.901. The molecule has 0 spiro atoms. The summed E-state index contributed by atoms with van der Waals surface area (Å²) in [7, 11) is -1.78.